The standard InChI is InChI=1S/C27H31F3N2O3/c1-8-10-15-32(7)24-18(3)23(19-11-13-21(14-12-19)34-27(28,29)30)16-20(22(24)9-2)17-31-25(33)35-26(4,5)6/h9,11-14,16H,2,15,17H2,1,3-7H3,(H,31,33). The Kier molecular flexibility index (Phi) is 8.86. The van der Waals surface area contributed by atoms with Gasteiger partial charge in [0, 0.05) is 24.8 Å². The van der Waals surface area contributed by atoms with Crippen LogP contribution in [-0.4, -0.2) is 31.6 Å². The van der Waals surface area contributed by atoms with E-state index in [1.165, 1.54) is 12.1 Å². The summed E-state index contributed by atoms with van der Waals surface area (Å²) in [5.41, 5.74) is 4.19. The first-order valence-corrected chi connectivity index (χ1v) is 11.0. The highest BCUT2D eigenvalue weighted by Crippen LogP contribution is 2.37. The number of alkyl carbamates (subject to hydrolysis) is 1. The molecule has 0 aliphatic rings. The van der Waals surface area contributed by atoms with Crippen molar-refractivity contribution in [3.8, 4) is 28.7 Å². The van der Waals surface area contributed by atoms with Gasteiger partial charge in [-0.25, -0.2) is 4.79 Å². The van der Waals surface area contributed by atoms with Crippen molar-refractivity contribution in [3.63, 3.8) is 0 Å². The smallest absolute Gasteiger partial charge is 0.444 e. The molecule has 0 heterocycles. The predicted molar refractivity (Wildman–Crippen MR) is 133 cm³/mol. The maximum atomic E-state index is 12.6. The Morgan fingerprint density at radius 2 is 1.83 bits per heavy atom. The van der Waals surface area contributed by atoms with Gasteiger partial charge in [0.15, 0.2) is 0 Å². The summed E-state index contributed by atoms with van der Waals surface area (Å²) < 4.78 is 47.0. The van der Waals surface area contributed by atoms with Gasteiger partial charge in [-0.15, -0.1) is 19.1 Å². The zero-order chi connectivity index (χ0) is 26.4. The van der Waals surface area contributed by atoms with Gasteiger partial charge in [-0.05, 0) is 75.1 Å². The van der Waals surface area contributed by atoms with Crippen LogP contribution in [0.4, 0.5) is 23.7 Å². The van der Waals surface area contributed by atoms with Gasteiger partial charge in [-0.3, -0.25) is 0 Å². The molecule has 0 spiro atoms. The summed E-state index contributed by atoms with van der Waals surface area (Å²) in [6.45, 7) is 13.6. The highest BCUT2D eigenvalue weighted by atomic mass is 19.4. The largest absolute Gasteiger partial charge is 0.573 e. The Balaban J connectivity index is 2.56. The van der Waals surface area contributed by atoms with Gasteiger partial charge in [0.2, 0.25) is 0 Å². The quantitative estimate of drug-likeness (QED) is 0.441. The van der Waals surface area contributed by atoms with E-state index in [2.05, 4.69) is 28.5 Å². The zero-order valence-electron chi connectivity index (χ0n) is 20.9. The number of halogens is 3. The average Bonchev–Trinajstić information content (AvgIpc) is 2.74. The topological polar surface area (TPSA) is 50.8 Å². The van der Waals surface area contributed by atoms with E-state index < -0.39 is 18.1 Å². The van der Waals surface area contributed by atoms with Gasteiger partial charge in [-0.1, -0.05) is 30.7 Å². The highest BCUT2D eigenvalue weighted by Gasteiger charge is 2.31. The third-order valence-electron chi connectivity index (χ3n) is 4.98. The molecule has 8 heteroatoms. The molecule has 0 atom stereocenters. The number of nitrogens with one attached hydrogen (secondary N) is 1. The average molecular weight is 489 g/mol. The lowest BCUT2D eigenvalue weighted by Gasteiger charge is -2.26. The second-order valence-corrected chi connectivity index (χ2v) is 8.89. The summed E-state index contributed by atoms with van der Waals surface area (Å²) in [5.74, 6) is 5.61. The zero-order valence-corrected chi connectivity index (χ0v) is 20.9. The number of carbonyl (C=O) groups excluding carboxylic acids is 1. The van der Waals surface area contributed by atoms with Crippen LogP contribution in [0.25, 0.3) is 17.2 Å². The number of benzene rings is 2. The summed E-state index contributed by atoms with van der Waals surface area (Å²) in [6, 6.07) is 7.57. The minimum absolute atomic E-state index is 0.166. The Labute approximate surface area is 204 Å². The second kappa shape index (κ2) is 11.2. The number of anilines is 1. The summed E-state index contributed by atoms with van der Waals surface area (Å²) in [4.78, 5) is 14.2. The molecule has 188 valence electrons. The predicted octanol–water partition coefficient (Wildman–Crippen LogP) is 6.69. The molecule has 0 saturated carbocycles. The van der Waals surface area contributed by atoms with Crippen molar-refractivity contribution in [2.24, 2.45) is 0 Å². The van der Waals surface area contributed by atoms with Gasteiger partial charge < -0.3 is 19.7 Å². The van der Waals surface area contributed by atoms with Crippen LogP contribution in [0.15, 0.2) is 36.9 Å². The fourth-order valence-corrected chi connectivity index (χ4v) is 3.60. The lowest BCUT2D eigenvalue weighted by molar-refractivity contribution is -0.274. The number of nitrogens with zero attached hydrogens (tertiary/aromatic N) is 1. The van der Waals surface area contributed by atoms with Crippen LogP contribution in [0.2, 0.25) is 0 Å². The molecule has 0 unspecified atom stereocenters. The van der Waals surface area contributed by atoms with Crippen LogP contribution >= 0.6 is 0 Å². The molecule has 2 aromatic carbocycles. The third-order valence-corrected chi connectivity index (χ3v) is 4.98. The van der Waals surface area contributed by atoms with Crippen molar-refractivity contribution >= 4 is 17.9 Å². The molecule has 2 aromatic rings. The van der Waals surface area contributed by atoms with Gasteiger partial charge in [0.1, 0.15) is 11.4 Å². The van der Waals surface area contributed by atoms with Crippen LogP contribution in [0, 0.1) is 18.8 Å². The molecule has 2 rings (SSSR count). The van der Waals surface area contributed by atoms with Crippen LogP contribution in [0.5, 0.6) is 5.75 Å². The van der Waals surface area contributed by atoms with E-state index in [4.69, 9.17) is 4.74 Å². The van der Waals surface area contributed by atoms with Gasteiger partial charge in [-0.2, -0.15) is 0 Å². The van der Waals surface area contributed by atoms with Crippen molar-refractivity contribution in [2.75, 3.05) is 18.5 Å². The van der Waals surface area contributed by atoms with Crippen molar-refractivity contribution in [1.82, 2.24) is 5.32 Å². The molecule has 0 radical (unpaired) electrons. The van der Waals surface area contributed by atoms with Crippen molar-refractivity contribution in [3.05, 3.63) is 53.6 Å². The van der Waals surface area contributed by atoms with Crippen LogP contribution in [0.1, 0.15) is 44.4 Å². The molecule has 0 aliphatic heterocycles. The molecule has 0 bridgehead atoms. The number of ether oxygens (including phenoxy) is 2. The molecular weight excluding hydrogens is 457 g/mol. The Morgan fingerprint density at radius 3 is 2.34 bits per heavy atom. The van der Waals surface area contributed by atoms with E-state index in [0.29, 0.717) is 12.1 Å². The Hall–Kier alpha value is -3.60. The summed E-state index contributed by atoms with van der Waals surface area (Å²) in [5, 5.41) is 2.77. The maximum absolute atomic E-state index is 12.6. The molecule has 1 amide bonds. The number of amides is 1. The van der Waals surface area contributed by atoms with Gasteiger partial charge >= 0.3 is 12.5 Å². The van der Waals surface area contributed by atoms with Crippen LogP contribution in [0.3, 0.4) is 0 Å². The molecule has 0 aliphatic carbocycles. The second-order valence-electron chi connectivity index (χ2n) is 8.89. The van der Waals surface area contributed by atoms with E-state index in [1.54, 1.807) is 45.9 Å². The van der Waals surface area contributed by atoms with Gasteiger partial charge in [0.05, 0.1) is 6.54 Å². The van der Waals surface area contributed by atoms with E-state index in [0.717, 1.165) is 27.9 Å². The summed E-state index contributed by atoms with van der Waals surface area (Å²) in [6.07, 6.45) is -3.61. The Bertz CT molecular complexity index is 1120. The van der Waals surface area contributed by atoms with Crippen molar-refractivity contribution < 1.29 is 27.4 Å². The van der Waals surface area contributed by atoms with Crippen LogP contribution in [-0.2, 0) is 11.3 Å². The molecule has 35 heavy (non-hydrogen) atoms. The van der Waals surface area contributed by atoms with Gasteiger partial charge in [0.25, 0.3) is 0 Å². The number of alkyl halides is 3. The summed E-state index contributed by atoms with van der Waals surface area (Å²) >= 11 is 0. The number of rotatable bonds is 7. The fraction of sp³-hybridized carbons (Fsp3) is 0.370. The van der Waals surface area contributed by atoms with Crippen molar-refractivity contribution in [1.29, 1.82) is 0 Å². The molecule has 0 fully saturated rings. The first kappa shape index (κ1) is 27.6. The minimum Gasteiger partial charge on any atom is -0.444 e. The van der Waals surface area contributed by atoms with E-state index in [1.807, 2.05) is 24.9 Å². The number of hydrogen-bond donors (Lipinski definition) is 1. The molecule has 0 aromatic heterocycles. The number of hydrogen-bond acceptors (Lipinski definition) is 4. The SMILES string of the molecule is C=Cc1c(CNC(=O)OC(C)(C)C)cc(-c2ccc(OC(F)(F)F)cc2)c(C)c1N(C)CC#CC. The van der Waals surface area contributed by atoms with E-state index in [9.17, 15) is 18.0 Å². The lowest BCUT2D eigenvalue weighted by atomic mass is 9.91. The van der Waals surface area contributed by atoms with Crippen molar-refractivity contribution in [2.45, 2.75) is 53.1 Å². The molecule has 1 N–H and O–H groups in total. The summed E-state index contributed by atoms with van der Waals surface area (Å²) in [7, 11) is 1.90. The Morgan fingerprint density at radius 1 is 1.20 bits per heavy atom. The molecule has 5 nitrogen and oxygen atoms in total. The fourth-order valence-electron chi connectivity index (χ4n) is 3.60. The maximum Gasteiger partial charge on any atom is 0.573 e. The van der Waals surface area contributed by atoms with Crippen LogP contribution < -0.4 is 15.0 Å². The highest BCUT2D eigenvalue weighted by molar-refractivity contribution is 5.83. The number of carbonyl (C=O) groups is 1. The molecule has 0 saturated heterocycles. The van der Waals surface area contributed by atoms with E-state index >= 15 is 0 Å². The normalized spacial score (nSPS) is 11.2. The monoisotopic (exact) mass is 488 g/mol. The lowest BCUT2D eigenvalue weighted by Crippen LogP contribution is -2.32. The first-order chi connectivity index (χ1) is 16.3. The first-order valence-electron chi connectivity index (χ1n) is 11.0. The molecular formula is C27H31F3N2O3. The van der Waals surface area contributed by atoms with E-state index in [-0.39, 0.29) is 12.3 Å². The minimum atomic E-state index is -4.76. The third kappa shape index (κ3) is 7.99.